The van der Waals surface area contributed by atoms with Gasteiger partial charge in [0.25, 0.3) is 0 Å². The third kappa shape index (κ3) is 6.46. The highest BCUT2D eigenvalue weighted by Crippen LogP contribution is 2.48. The fourth-order valence-electron chi connectivity index (χ4n) is 8.50. The van der Waals surface area contributed by atoms with E-state index in [4.69, 9.17) is 21.1 Å². The van der Waals surface area contributed by atoms with E-state index < -0.39 is 15.8 Å². The molecule has 3 aliphatic carbocycles. The molecule has 254 valence electrons. The van der Waals surface area contributed by atoms with E-state index >= 15 is 0 Å². The molecule has 48 heavy (non-hydrogen) atoms. The topological polar surface area (TPSA) is 119 Å². The van der Waals surface area contributed by atoms with Crippen LogP contribution in [-0.4, -0.2) is 68.1 Å². The van der Waals surface area contributed by atoms with Crippen molar-refractivity contribution in [1.29, 1.82) is 0 Å². The Hall–Kier alpha value is -3.47. The Kier molecular flexibility index (Phi) is 9.26. The van der Waals surface area contributed by atoms with Crippen LogP contribution in [0.15, 0.2) is 71.7 Å². The van der Waals surface area contributed by atoms with Crippen molar-refractivity contribution in [2.45, 2.75) is 68.0 Å². The number of hydrogen-bond donors (Lipinski definition) is 1. The molecule has 0 amide bonds. The Morgan fingerprint density at radius 3 is 2.69 bits per heavy atom. The summed E-state index contributed by atoms with van der Waals surface area (Å²) in [7, 11) is -1.77. The van der Waals surface area contributed by atoms with E-state index in [9.17, 15) is 18.3 Å². The molecule has 2 heterocycles. The van der Waals surface area contributed by atoms with E-state index in [1.54, 1.807) is 31.4 Å². The minimum absolute atomic E-state index is 0.0127. The molecule has 3 aromatic rings. The molecule has 1 aliphatic heterocycles. The number of methoxy groups -OCH3 is 1. The average Bonchev–Trinajstić information content (AvgIpc) is 3.23. The van der Waals surface area contributed by atoms with Crippen LogP contribution in [-0.2, 0) is 26.4 Å². The van der Waals surface area contributed by atoms with Gasteiger partial charge in [-0.1, -0.05) is 23.7 Å². The highest BCUT2D eigenvalue weighted by Gasteiger charge is 2.45. The SMILES string of the molecule is CO[C@@H](C1=CC[C@@H](CS(=O)(=O)c2ncccn2)CC1)[C@@H]1CC[C@H]1CN1CC2(CCCc3cc(Cl)ccc32)COc2ccc(C(=O)O)cc21. The summed E-state index contributed by atoms with van der Waals surface area (Å²) >= 11 is 6.42. The van der Waals surface area contributed by atoms with Gasteiger partial charge in [-0.3, -0.25) is 0 Å². The molecule has 1 aromatic heterocycles. The molecule has 7 rings (SSSR count). The Labute approximate surface area is 287 Å². The molecule has 4 aliphatic rings. The van der Waals surface area contributed by atoms with E-state index in [0.29, 0.717) is 30.6 Å². The maximum absolute atomic E-state index is 12.9. The fraction of sp³-hybridized carbons (Fsp3) is 0.486. The lowest BCUT2D eigenvalue weighted by molar-refractivity contribution is 0.00323. The van der Waals surface area contributed by atoms with Crippen molar-refractivity contribution >= 4 is 33.1 Å². The predicted molar refractivity (Wildman–Crippen MR) is 184 cm³/mol. The number of ether oxygens (including phenoxy) is 2. The van der Waals surface area contributed by atoms with Crippen molar-refractivity contribution in [2.75, 3.05) is 37.5 Å². The molecule has 2 aromatic carbocycles. The van der Waals surface area contributed by atoms with Crippen LogP contribution >= 0.6 is 11.6 Å². The van der Waals surface area contributed by atoms with Gasteiger partial charge in [0.2, 0.25) is 15.0 Å². The van der Waals surface area contributed by atoms with E-state index in [-0.39, 0.29) is 33.9 Å². The quantitative estimate of drug-likeness (QED) is 0.197. The second-order valence-electron chi connectivity index (χ2n) is 14.0. The maximum Gasteiger partial charge on any atom is 0.335 e. The third-order valence-corrected chi connectivity index (χ3v) is 13.0. The molecule has 0 bridgehead atoms. The molecule has 1 spiro atoms. The zero-order chi connectivity index (χ0) is 33.5. The monoisotopic (exact) mass is 691 g/mol. The number of anilines is 1. The van der Waals surface area contributed by atoms with Gasteiger partial charge in [0.05, 0.1) is 29.7 Å². The number of carboxylic acids is 1. The van der Waals surface area contributed by atoms with Crippen LogP contribution in [0.3, 0.4) is 0 Å². The number of hydrogen-bond acceptors (Lipinski definition) is 8. The Morgan fingerprint density at radius 2 is 1.98 bits per heavy atom. The maximum atomic E-state index is 12.9. The lowest BCUT2D eigenvalue weighted by Gasteiger charge is -2.47. The molecule has 0 radical (unpaired) electrons. The van der Waals surface area contributed by atoms with Crippen molar-refractivity contribution in [3.8, 4) is 5.75 Å². The molecule has 1 fully saturated rings. The van der Waals surface area contributed by atoms with Crippen LogP contribution in [0.5, 0.6) is 5.75 Å². The fourth-order valence-corrected chi connectivity index (χ4v) is 10.2. The van der Waals surface area contributed by atoms with Crippen molar-refractivity contribution in [3.05, 3.63) is 88.2 Å². The summed E-state index contributed by atoms with van der Waals surface area (Å²) < 4.78 is 38.6. The summed E-state index contributed by atoms with van der Waals surface area (Å²) in [6.45, 7) is 2.01. The standard InChI is InChI=1S/C37H42ClN3O6S/c1-46-34(25-7-5-24(6-8-25)21-48(44,45)36-39-16-3-17-40-36)30-12-9-28(30)20-41-22-37(15-2-4-26-18-29(38)11-13-31(26)37)23-47-33-14-10-27(35(42)43)19-32(33)41/h3,7,10-11,13-14,16-19,24,28,30,34H,2,4-6,8-9,12,15,20-23H2,1H3,(H,42,43)/t24-,28+,30-,34+,37?/m1/s1. The van der Waals surface area contributed by atoms with Gasteiger partial charge in [-0.2, -0.15) is 0 Å². The first-order valence-corrected chi connectivity index (χ1v) is 18.9. The smallest absolute Gasteiger partial charge is 0.335 e. The Bertz CT molecular complexity index is 1820. The first kappa shape index (κ1) is 33.0. The first-order valence-electron chi connectivity index (χ1n) is 16.9. The number of carbonyl (C=O) groups is 1. The van der Waals surface area contributed by atoms with Crippen molar-refractivity contribution < 1.29 is 27.8 Å². The summed E-state index contributed by atoms with van der Waals surface area (Å²) in [6.07, 6.45) is 12.4. The Morgan fingerprint density at radius 1 is 1.15 bits per heavy atom. The van der Waals surface area contributed by atoms with Gasteiger partial charge in [-0.15, -0.1) is 0 Å². The number of allylic oxidation sites excluding steroid dienone is 1. The zero-order valence-electron chi connectivity index (χ0n) is 27.2. The minimum atomic E-state index is -3.55. The number of nitrogens with zero attached hydrogens (tertiary/aromatic N) is 3. The Balaban J connectivity index is 1.11. The van der Waals surface area contributed by atoms with Crippen LogP contribution in [0.4, 0.5) is 5.69 Å². The van der Waals surface area contributed by atoms with E-state index in [2.05, 4.69) is 33.1 Å². The van der Waals surface area contributed by atoms with Crippen LogP contribution in [0.1, 0.15) is 66.4 Å². The molecular formula is C37H42ClN3O6S. The van der Waals surface area contributed by atoms with Gasteiger partial charge in [0.15, 0.2) is 0 Å². The van der Waals surface area contributed by atoms with E-state index in [1.165, 1.54) is 29.1 Å². The molecule has 1 N–H and O–H groups in total. The normalized spacial score (nSPS) is 25.9. The minimum Gasteiger partial charge on any atom is -0.490 e. The molecule has 5 atom stereocenters. The largest absolute Gasteiger partial charge is 0.490 e. The number of carboxylic acid groups (broad SMARTS) is 1. The highest BCUT2D eigenvalue weighted by molar-refractivity contribution is 7.91. The first-order chi connectivity index (χ1) is 23.2. The molecular weight excluding hydrogens is 650 g/mol. The number of aryl methyl sites for hydroxylation is 1. The number of rotatable bonds is 9. The van der Waals surface area contributed by atoms with Gasteiger partial charge >= 0.3 is 5.97 Å². The second kappa shape index (κ2) is 13.4. The number of fused-ring (bicyclic) bond motifs is 3. The van der Waals surface area contributed by atoms with Crippen molar-refractivity contribution in [3.63, 3.8) is 0 Å². The van der Waals surface area contributed by atoms with Gasteiger partial charge in [-0.05, 0) is 122 Å². The number of aromatic nitrogens is 2. The summed E-state index contributed by atoms with van der Waals surface area (Å²) in [5.74, 6) is 0.461. The van der Waals surface area contributed by atoms with Crippen molar-refractivity contribution in [1.82, 2.24) is 9.97 Å². The number of benzene rings is 2. The van der Waals surface area contributed by atoms with Gasteiger partial charge in [0.1, 0.15) is 5.75 Å². The molecule has 1 saturated carbocycles. The number of halogens is 1. The van der Waals surface area contributed by atoms with E-state index in [0.717, 1.165) is 68.7 Å². The van der Waals surface area contributed by atoms with Crippen LogP contribution in [0.25, 0.3) is 0 Å². The van der Waals surface area contributed by atoms with Crippen LogP contribution in [0.2, 0.25) is 5.02 Å². The molecule has 1 unspecified atom stereocenters. The summed E-state index contributed by atoms with van der Waals surface area (Å²) in [6, 6.07) is 13.0. The predicted octanol–water partition coefficient (Wildman–Crippen LogP) is 6.54. The highest BCUT2D eigenvalue weighted by atomic mass is 35.5. The lowest BCUT2D eigenvalue weighted by Crippen LogP contribution is -2.50. The van der Waals surface area contributed by atoms with E-state index in [1.807, 2.05) is 6.07 Å². The third-order valence-electron chi connectivity index (χ3n) is 11.1. The zero-order valence-corrected chi connectivity index (χ0v) is 28.8. The summed E-state index contributed by atoms with van der Waals surface area (Å²) in [5.41, 5.74) is 4.62. The summed E-state index contributed by atoms with van der Waals surface area (Å²) in [4.78, 5) is 22.4. The molecule has 9 nitrogen and oxygen atoms in total. The molecule has 11 heteroatoms. The number of sulfone groups is 1. The van der Waals surface area contributed by atoms with Gasteiger partial charge in [0, 0.05) is 43.0 Å². The molecule has 0 saturated heterocycles. The van der Waals surface area contributed by atoms with Crippen molar-refractivity contribution in [2.24, 2.45) is 17.8 Å². The summed E-state index contributed by atoms with van der Waals surface area (Å²) in [5, 5.41) is 10.5. The van der Waals surface area contributed by atoms with Gasteiger partial charge in [-0.25, -0.2) is 23.2 Å². The second-order valence-corrected chi connectivity index (χ2v) is 16.3. The van der Waals surface area contributed by atoms with Gasteiger partial charge < -0.3 is 19.5 Å². The van der Waals surface area contributed by atoms with Crippen LogP contribution < -0.4 is 9.64 Å². The average molecular weight is 692 g/mol. The lowest BCUT2D eigenvalue weighted by atomic mass is 9.66. The van der Waals surface area contributed by atoms with Crippen LogP contribution in [0, 0.1) is 17.8 Å². The number of aromatic carboxylic acids is 1.